The van der Waals surface area contributed by atoms with Gasteiger partial charge < -0.3 is 19.9 Å². The first-order chi connectivity index (χ1) is 12.5. The van der Waals surface area contributed by atoms with Crippen LogP contribution in [-0.4, -0.2) is 60.1 Å². The maximum Gasteiger partial charge on any atom is 0.317 e. The van der Waals surface area contributed by atoms with E-state index in [-0.39, 0.29) is 17.5 Å². The van der Waals surface area contributed by atoms with Crippen molar-refractivity contribution >= 4 is 11.9 Å². The van der Waals surface area contributed by atoms with E-state index in [4.69, 9.17) is 4.74 Å². The van der Waals surface area contributed by atoms with Crippen molar-refractivity contribution in [3.8, 4) is 0 Å². The minimum Gasteiger partial charge on any atom is -0.381 e. The quantitative estimate of drug-likeness (QED) is 0.901. The van der Waals surface area contributed by atoms with Gasteiger partial charge in [0.25, 0.3) is 0 Å². The van der Waals surface area contributed by atoms with Gasteiger partial charge in [-0.25, -0.2) is 4.79 Å². The molecule has 6 heteroatoms. The van der Waals surface area contributed by atoms with Gasteiger partial charge in [0, 0.05) is 45.8 Å². The maximum absolute atomic E-state index is 12.8. The number of benzene rings is 1. The van der Waals surface area contributed by atoms with Crippen LogP contribution in [0.3, 0.4) is 0 Å². The van der Waals surface area contributed by atoms with Crippen molar-refractivity contribution < 1.29 is 14.3 Å². The summed E-state index contributed by atoms with van der Waals surface area (Å²) in [5, 5.41) is 3.01. The van der Waals surface area contributed by atoms with Crippen molar-refractivity contribution in [3.63, 3.8) is 0 Å². The van der Waals surface area contributed by atoms with E-state index < -0.39 is 0 Å². The van der Waals surface area contributed by atoms with Crippen molar-refractivity contribution in [2.24, 2.45) is 0 Å². The second-order valence-corrected chi connectivity index (χ2v) is 7.29. The Morgan fingerprint density at radius 2 is 1.92 bits per heavy atom. The van der Waals surface area contributed by atoms with Gasteiger partial charge in [0.1, 0.15) is 0 Å². The van der Waals surface area contributed by atoms with E-state index in [0.717, 1.165) is 18.4 Å². The van der Waals surface area contributed by atoms with E-state index in [1.54, 1.807) is 0 Å². The van der Waals surface area contributed by atoms with Crippen LogP contribution in [0.15, 0.2) is 24.3 Å². The third-order valence-electron chi connectivity index (χ3n) is 5.55. The van der Waals surface area contributed by atoms with Gasteiger partial charge in [-0.05, 0) is 32.3 Å². The largest absolute Gasteiger partial charge is 0.381 e. The molecular formula is C20H29N3O3. The topological polar surface area (TPSA) is 61.9 Å². The zero-order valence-corrected chi connectivity index (χ0v) is 15.8. The van der Waals surface area contributed by atoms with Crippen LogP contribution in [0.1, 0.15) is 37.3 Å². The molecule has 2 aliphatic heterocycles. The fourth-order valence-electron chi connectivity index (χ4n) is 4.01. The van der Waals surface area contributed by atoms with Crippen LogP contribution < -0.4 is 5.32 Å². The van der Waals surface area contributed by atoms with Gasteiger partial charge in [0.05, 0.1) is 5.54 Å². The minimum absolute atomic E-state index is 0.0952. The molecule has 2 saturated heterocycles. The van der Waals surface area contributed by atoms with Crippen LogP contribution in [0.25, 0.3) is 0 Å². The van der Waals surface area contributed by atoms with Gasteiger partial charge in [-0.3, -0.25) is 4.79 Å². The molecule has 0 aromatic heterocycles. The second kappa shape index (κ2) is 8.08. The zero-order valence-electron chi connectivity index (χ0n) is 15.8. The van der Waals surface area contributed by atoms with E-state index >= 15 is 0 Å². The molecule has 0 saturated carbocycles. The Balaban J connectivity index is 1.69. The standard InChI is InChI=1S/C20H29N3O3/c1-3-23-18(24)8-11-22(15-20(23)9-12-26-13-10-20)19(25)21-14-17-6-4-16(2)5-7-17/h4-7H,3,8-15H2,1-2H3,(H,21,25). The van der Waals surface area contributed by atoms with Crippen LogP contribution in [0.2, 0.25) is 0 Å². The molecule has 6 nitrogen and oxygen atoms in total. The molecule has 0 bridgehead atoms. The number of hydrogen-bond acceptors (Lipinski definition) is 3. The minimum atomic E-state index is -0.290. The number of likely N-dealkylation sites (N-methyl/N-ethyl adjacent to an activating group) is 1. The van der Waals surface area contributed by atoms with Gasteiger partial charge >= 0.3 is 6.03 Å². The number of carbonyl (C=O) groups is 2. The van der Waals surface area contributed by atoms with Gasteiger partial charge in [0.15, 0.2) is 0 Å². The van der Waals surface area contributed by atoms with Crippen LogP contribution in [0.5, 0.6) is 0 Å². The first kappa shape index (κ1) is 18.7. The second-order valence-electron chi connectivity index (χ2n) is 7.29. The van der Waals surface area contributed by atoms with Crippen LogP contribution in [0.4, 0.5) is 4.79 Å². The van der Waals surface area contributed by atoms with E-state index in [1.807, 2.05) is 47.9 Å². The number of aryl methyl sites for hydroxylation is 1. The summed E-state index contributed by atoms with van der Waals surface area (Å²) in [4.78, 5) is 29.2. The molecular weight excluding hydrogens is 330 g/mol. The van der Waals surface area contributed by atoms with Crippen molar-refractivity contribution in [3.05, 3.63) is 35.4 Å². The molecule has 0 radical (unpaired) electrons. The maximum atomic E-state index is 12.8. The lowest BCUT2D eigenvalue weighted by Crippen LogP contribution is -2.59. The summed E-state index contributed by atoms with van der Waals surface area (Å²) in [6.45, 7) is 7.57. The van der Waals surface area contributed by atoms with Crippen molar-refractivity contribution in [2.45, 2.75) is 45.2 Å². The summed E-state index contributed by atoms with van der Waals surface area (Å²) in [7, 11) is 0. The van der Waals surface area contributed by atoms with E-state index in [1.165, 1.54) is 5.56 Å². The Hall–Kier alpha value is -2.08. The first-order valence-corrected chi connectivity index (χ1v) is 9.50. The number of nitrogens with zero attached hydrogens (tertiary/aromatic N) is 2. The lowest BCUT2D eigenvalue weighted by molar-refractivity contribution is -0.139. The third kappa shape index (κ3) is 4.01. The molecule has 0 unspecified atom stereocenters. The number of rotatable bonds is 3. The van der Waals surface area contributed by atoms with E-state index in [2.05, 4.69) is 5.32 Å². The highest BCUT2D eigenvalue weighted by Gasteiger charge is 2.44. The number of nitrogens with one attached hydrogen (secondary N) is 1. The SMILES string of the molecule is CCN1C(=O)CCN(C(=O)NCc2ccc(C)cc2)CC12CCOCC2. The summed E-state index contributed by atoms with van der Waals surface area (Å²) >= 11 is 0. The smallest absolute Gasteiger partial charge is 0.317 e. The summed E-state index contributed by atoms with van der Waals surface area (Å²) in [5.74, 6) is 0.142. The Kier molecular flexibility index (Phi) is 5.81. The average Bonchev–Trinajstić information content (AvgIpc) is 2.78. The number of urea groups is 1. The molecule has 1 spiro atoms. The number of ether oxygens (including phenoxy) is 1. The van der Waals surface area contributed by atoms with Gasteiger partial charge in [-0.2, -0.15) is 0 Å². The molecule has 2 aliphatic rings. The molecule has 142 valence electrons. The van der Waals surface area contributed by atoms with Crippen LogP contribution in [-0.2, 0) is 16.1 Å². The van der Waals surface area contributed by atoms with Gasteiger partial charge in [-0.15, -0.1) is 0 Å². The monoisotopic (exact) mass is 359 g/mol. The van der Waals surface area contributed by atoms with E-state index in [9.17, 15) is 9.59 Å². The van der Waals surface area contributed by atoms with Crippen LogP contribution in [0, 0.1) is 6.92 Å². The third-order valence-corrected chi connectivity index (χ3v) is 5.55. The summed E-state index contributed by atoms with van der Waals surface area (Å²) in [6.07, 6.45) is 1.96. The molecule has 3 rings (SSSR count). The molecule has 2 fully saturated rings. The van der Waals surface area contributed by atoms with Crippen molar-refractivity contribution in [2.75, 3.05) is 32.8 Å². The van der Waals surface area contributed by atoms with E-state index in [0.29, 0.717) is 45.8 Å². The molecule has 3 amide bonds. The first-order valence-electron chi connectivity index (χ1n) is 9.50. The fourth-order valence-corrected chi connectivity index (χ4v) is 4.01. The normalized spacial score (nSPS) is 20.2. The lowest BCUT2D eigenvalue weighted by Gasteiger charge is -2.46. The number of carbonyl (C=O) groups excluding carboxylic acids is 2. The predicted octanol–water partition coefficient (Wildman–Crippen LogP) is 2.31. The molecule has 0 aliphatic carbocycles. The fraction of sp³-hybridized carbons (Fsp3) is 0.600. The predicted molar refractivity (Wildman–Crippen MR) is 99.8 cm³/mol. The molecule has 26 heavy (non-hydrogen) atoms. The average molecular weight is 359 g/mol. The number of hydrogen-bond donors (Lipinski definition) is 1. The Bertz CT molecular complexity index is 638. The zero-order chi connectivity index (χ0) is 18.6. The van der Waals surface area contributed by atoms with Gasteiger partial charge in [-0.1, -0.05) is 29.8 Å². The Labute approximate surface area is 155 Å². The van der Waals surface area contributed by atoms with Crippen LogP contribution >= 0.6 is 0 Å². The number of amides is 3. The van der Waals surface area contributed by atoms with Gasteiger partial charge in [0.2, 0.25) is 5.91 Å². The molecule has 0 atom stereocenters. The lowest BCUT2D eigenvalue weighted by atomic mass is 9.87. The highest BCUT2D eigenvalue weighted by atomic mass is 16.5. The Morgan fingerprint density at radius 3 is 2.58 bits per heavy atom. The molecule has 1 aromatic rings. The highest BCUT2D eigenvalue weighted by Crippen LogP contribution is 2.32. The summed E-state index contributed by atoms with van der Waals surface area (Å²) in [6, 6.07) is 8.05. The molecule has 2 heterocycles. The summed E-state index contributed by atoms with van der Waals surface area (Å²) < 4.78 is 5.52. The molecule has 1 aromatic carbocycles. The summed E-state index contributed by atoms with van der Waals surface area (Å²) in [5.41, 5.74) is 1.99. The Morgan fingerprint density at radius 1 is 1.23 bits per heavy atom. The van der Waals surface area contributed by atoms with Crippen molar-refractivity contribution in [1.29, 1.82) is 0 Å². The molecule has 1 N–H and O–H groups in total. The highest BCUT2D eigenvalue weighted by molar-refractivity contribution is 5.80. The van der Waals surface area contributed by atoms with Crippen molar-refractivity contribution in [1.82, 2.24) is 15.1 Å².